The smallest absolute Gasteiger partial charge is 0.550 e. The minimum atomic E-state index is -1.08. The molecule has 0 amide bonds. The molecule has 17 heavy (non-hydrogen) atoms. The molecule has 0 atom stereocenters. The molecule has 0 aliphatic rings. The van der Waals surface area contributed by atoms with E-state index in [2.05, 4.69) is 0 Å². The van der Waals surface area contributed by atoms with Crippen molar-refractivity contribution in [2.75, 3.05) is 0 Å². The first-order valence-electron chi connectivity index (χ1n) is 1.82. The van der Waals surface area contributed by atoms with Gasteiger partial charge in [0.25, 0.3) is 0 Å². The van der Waals surface area contributed by atoms with E-state index in [0.717, 1.165) is 13.8 Å². The van der Waals surface area contributed by atoms with Crippen LogP contribution in [-0.2, 0) is 30.0 Å². The summed E-state index contributed by atoms with van der Waals surface area (Å²) in [5, 5.41) is 17.8. The molecule has 0 aromatic heterocycles. The van der Waals surface area contributed by atoms with E-state index in [1.54, 1.807) is 0 Å². The van der Waals surface area contributed by atoms with Gasteiger partial charge in [-0.25, -0.2) is 0 Å². The third-order valence-corrected chi connectivity index (χ3v) is 0. The summed E-state index contributed by atoms with van der Waals surface area (Å²) in [6, 6.07) is 0. The summed E-state index contributed by atoms with van der Waals surface area (Å²) in [6.45, 7) is 1.94. The van der Waals surface area contributed by atoms with Crippen LogP contribution in [0.2, 0.25) is 0 Å². The second kappa shape index (κ2) is 112. The quantitative estimate of drug-likeness (QED) is 0.236. The van der Waals surface area contributed by atoms with Crippen LogP contribution in [0.4, 0.5) is 0 Å². The Morgan fingerprint density at radius 3 is 0.588 bits per heavy atom. The number of hydrogen-bond donors (Lipinski definition) is 8. The molecule has 0 bridgehead atoms. The van der Waals surface area contributed by atoms with E-state index < -0.39 is 11.9 Å². The molecule has 0 aromatic rings. The van der Waals surface area contributed by atoms with E-state index in [4.69, 9.17) is 19.8 Å². The maximum atomic E-state index is 8.89. The molecular formula is C4H30N8O4Pd. The molecule has 0 radical (unpaired) electrons. The Morgan fingerprint density at radius 2 is 0.588 bits per heavy atom. The minimum absolute atomic E-state index is 0. The van der Waals surface area contributed by atoms with E-state index in [1.807, 2.05) is 0 Å². The van der Waals surface area contributed by atoms with Crippen LogP contribution in [0.5, 0.6) is 0 Å². The van der Waals surface area contributed by atoms with E-state index in [0.29, 0.717) is 0 Å². The predicted molar refractivity (Wildman–Crippen MR) is 61.5 cm³/mol. The Hall–Kier alpha value is -0.718. The van der Waals surface area contributed by atoms with E-state index in [1.165, 1.54) is 0 Å². The molecule has 0 unspecified atom stereocenters. The molecule has 120 valence electrons. The van der Waals surface area contributed by atoms with Gasteiger partial charge >= 0.3 is 20.4 Å². The third-order valence-electron chi connectivity index (χ3n) is 0. The van der Waals surface area contributed by atoms with Crippen LogP contribution in [0.1, 0.15) is 13.8 Å². The second-order valence-corrected chi connectivity index (χ2v) is 0.983. The van der Waals surface area contributed by atoms with Gasteiger partial charge in [0, 0.05) is 11.9 Å². The average molecular weight is 361 g/mol. The Bertz CT molecular complexity index is 87.5. The first-order valence-corrected chi connectivity index (χ1v) is 1.82. The second-order valence-electron chi connectivity index (χ2n) is 0.983. The zero-order valence-corrected chi connectivity index (χ0v) is 12.2. The molecular weight excluding hydrogens is 331 g/mol. The fourth-order valence-corrected chi connectivity index (χ4v) is 0. The number of rotatable bonds is 0. The Kier molecular flexibility index (Phi) is 896. The van der Waals surface area contributed by atoms with Gasteiger partial charge in [0.05, 0.1) is 0 Å². The summed E-state index contributed by atoms with van der Waals surface area (Å²) >= 11 is 0. The first-order chi connectivity index (χ1) is 3.46. The molecule has 13 heteroatoms. The molecule has 0 heterocycles. The predicted octanol–water partition coefficient (Wildman–Crippen LogP) is -1.19. The van der Waals surface area contributed by atoms with E-state index in [-0.39, 0.29) is 69.6 Å². The van der Waals surface area contributed by atoms with Crippen molar-refractivity contribution in [1.29, 1.82) is 0 Å². The van der Waals surface area contributed by atoms with Crippen molar-refractivity contribution in [3.05, 3.63) is 0 Å². The van der Waals surface area contributed by atoms with Crippen LogP contribution in [0, 0.1) is 0 Å². The van der Waals surface area contributed by atoms with Crippen molar-refractivity contribution in [2.24, 2.45) is 0 Å². The van der Waals surface area contributed by atoms with Gasteiger partial charge in [-0.2, -0.15) is 0 Å². The zero-order valence-electron chi connectivity index (χ0n) is 10.6. The summed E-state index contributed by atoms with van der Waals surface area (Å²) in [6.07, 6.45) is 0. The van der Waals surface area contributed by atoms with Crippen molar-refractivity contribution < 1.29 is 40.2 Å². The Morgan fingerprint density at radius 1 is 0.588 bits per heavy atom. The van der Waals surface area contributed by atoms with Crippen LogP contribution < -0.4 is 59.4 Å². The first kappa shape index (κ1) is 136. The van der Waals surface area contributed by atoms with E-state index in [9.17, 15) is 0 Å². The number of carboxylic acids is 2. The molecule has 24 N–H and O–H groups in total. The average Bonchev–Trinajstić information content (AvgIpc) is 1.25. The largest absolute Gasteiger partial charge is 2.00 e. The number of carbonyl (C=O) groups is 2. The molecule has 0 aliphatic carbocycles. The van der Waals surface area contributed by atoms with Gasteiger partial charge < -0.3 is 69.0 Å². The summed E-state index contributed by atoms with van der Waals surface area (Å²) in [5.41, 5.74) is 0. The monoisotopic (exact) mass is 360 g/mol. The van der Waals surface area contributed by atoms with Crippen molar-refractivity contribution >= 4 is 11.9 Å². The number of aliphatic carboxylic acids is 2. The number of carboxylic acid groups (broad SMARTS) is 2. The standard InChI is InChI=1S/2C2H4O2.8H3N.Pd/c2*1-2(3)4;;;;;;;;;/h2*1H3,(H,3,4);8*1H3;/q;;;;;;;;;;+2/p-2. The van der Waals surface area contributed by atoms with E-state index >= 15 is 0 Å². The van der Waals surface area contributed by atoms with Gasteiger partial charge in [-0.3, -0.25) is 0 Å². The van der Waals surface area contributed by atoms with Gasteiger partial charge in [0.2, 0.25) is 0 Å². The number of carbonyl (C=O) groups excluding carboxylic acids is 2. The molecule has 0 fully saturated rings. The van der Waals surface area contributed by atoms with Crippen LogP contribution in [0.15, 0.2) is 0 Å². The maximum Gasteiger partial charge on any atom is 2.00 e. The van der Waals surface area contributed by atoms with Gasteiger partial charge in [0.1, 0.15) is 0 Å². The fourth-order valence-electron chi connectivity index (χ4n) is 0. The summed E-state index contributed by atoms with van der Waals surface area (Å²) in [7, 11) is 0. The Labute approximate surface area is 116 Å². The topological polar surface area (TPSA) is 360 Å². The summed E-state index contributed by atoms with van der Waals surface area (Å²) in [4.78, 5) is 17.8. The van der Waals surface area contributed by atoms with Gasteiger partial charge in [-0.15, -0.1) is 0 Å². The molecule has 0 saturated carbocycles. The molecule has 0 aromatic carbocycles. The van der Waals surface area contributed by atoms with Gasteiger partial charge in [0.15, 0.2) is 0 Å². The van der Waals surface area contributed by atoms with Crippen LogP contribution >= 0.6 is 0 Å². The molecule has 0 aliphatic heterocycles. The third kappa shape index (κ3) is 5230. The SMILES string of the molecule is CC(=O)[O-].CC(=O)[O-].N.N.N.N.N.N.N.N.[Pd+2]. The fraction of sp³-hybridized carbons (Fsp3) is 0.500. The molecule has 0 spiro atoms. The van der Waals surface area contributed by atoms with Crippen molar-refractivity contribution in [3.8, 4) is 0 Å². The van der Waals surface area contributed by atoms with Crippen LogP contribution in [-0.4, -0.2) is 11.9 Å². The molecule has 0 rings (SSSR count). The van der Waals surface area contributed by atoms with Gasteiger partial charge in [-0.1, -0.05) is 0 Å². The van der Waals surface area contributed by atoms with Crippen molar-refractivity contribution in [1.82, 2.24) is 49.2 Å². The van der Waals surface area contributed by atoms with Crippen molar-refractivity contribution in [3.63, 3.8) is 0 Å². The normalized spacial score (nSPS) is 2.94. The van der Waals surface area contributed by atoms with Crippen LogP contribution in [0.25, 0.3) is 0 Å². The van der Waals surface area contributed by atoms with Gasteiger partial charge in [-0.05, 0) is 13.8 Å². The zero-order chi connectivity index (χ0) is 7.15. The minimum Gasteiger partial charge on any atom is -0.550 e. The number of hydrogen-bond acceptors (Lipinski definition) is 12. The summed E-state index contributed by atoms with van der Waals surface area (Å²) < 4.78 is 0. The molecule has 12 nitrogen and oxygen atoms in total. The molecule has 0 saturated heterocycles. The maximum absolute atomic E-state index is 8.89. The Balaban J connectivity index is -0.00000000308. The summed E-state index contributed by atoms with van der Waals surface area (Å²) in [5.74, 6) is -2.17. The van der Waals surface area contributed by atoms with Crippen molar-refractivity contribution in [2.45, 2.75) is 13.8 Å². The van der Waals surface area contributed by atoms with Crippen LogP contribution in [0.3, 0.4) is 0 Å².